The van der Waals surface area contributed by atoms with E-state index in [9.17, 15) is 0 Å². The fourth-order valence-corrected chi connectivity index (χ4v) is 3.28. The highest BCUT2D eigenvalue weighted by Crippen LogP contribution is 2.26. The third-order valence-corrected chi connectivity index (χ3v) is 4.73. The van der Waals surface area contributed by atoms with Crippen molar-refractivity contribution in [2.75, 3.05) is 0 Å². The van der Waals surface area contributed by atoms with Crippen LogP contribution in [0.15, 0.2) is 24.3 Å². The minimum Gasteiger partial charge on any atom is -0.0845 e. The molecule has 0 N–H and O–H groups in total. The van der Waals surface area contributed by atoms with Gasteiger partial charge in [0.15, 0.2) is 0 Å². The van der Waals surface area contributed by atoms with Crippen molar-refractivity contribution in [1.82, 2.24) is 0 Å². The molecule has 0 aliphatic rings. The van der Waals surface area contributed by atoms with E-state index in [0.717, 1.165) is 17.8 Å². The maximum Gasteiger partial charge on any atom is -0.0348 e. The van der Waals surface area contributed by atoms with Crippen molar-refractivity contribution in [2.24, 2.45) is 17.8 Å². The summed E-state index contributed by atoms with van der Waals surface area (Å²) < 4.78 is 0. The minimum atomic E-state index is 0.843. The summed E-state index contributed by atoms with van der Waals surface area (Å²) in [6, 6.07) is 0. The highest BCUT2D eigenvalue weighted by molar-refractivity contribution is 5.02. The first kappa shape index (κ1) is 21.5. The largest absolute Gasteiger partial charge is 0.0845 e. The first-order chi connectivity index (χ1) is 10.6. The van der Waals surface area contributed by atoms with Crippen molar-refractivity contribution in [3.05, 3.63) is 24.3 Å². The molecule has 0 amide bonds. The number of hydrogen-bond acceptors (Lipinski definition) is 0. The predicted octanol–water partition coefficient (Wildman–Crippen LogP) is 7.95. The zero-order chi connectivity index (χ0) is 16.6. The molecular weight excluding hydrogens is 264 g/mol. The van der Waals surface area contributed by atoms with Gasteiger partial charge < -0.3 is 0 Å². The molecule has 0 nitrogen and oxygen atoms in total. The van der Waals surface area contributed by atoms with Crippen LogP contribution in [0, 0.1) is 17.8 Å². The molecule has 0 saturated heterocycles. The van der Waals surface area contributed by atoms with Crippen molar-refractivity contribution < 1.29 is 0 Å². The molecule has 0 aromatic heterocycles. The van der Waals surface area contributed by atoms with Gasteiger partial charge in [-0.05, 0) is 43.4 Å². The summed E-state index contributed by atoms with van der Waals surface area (Å²) in [6.45, 7) is 11.8. The van der Waals surface area contributed by atoms with Gasteiger partial charge in [0.05, 0.1) is 0 Å². The lowest BCUT2D eigenvalue weighted by atomic mass is 9.81. The number of unbranched alkanes of at least 4 members (excludes halogenated alkanes) is 7. The Kier molecular flexibility index (Phi) is 15.0. The van der Waals surface area contributed by atoms with E-state index in [0.29, 0.717) is 0 Å². The quantitative estimate of drug-likeness (QED) is 0.225. The highest BCUT2D eigenvalue weighted by atomic mass is 14.2. The summed E-state index contributed by atoms with van der Waals surface area (Å²) in [5.41, 5.74) is 0. The lowest BCUT2D eigenvalue weighted by molar-refractivity contribution is 0.261. The number of allylic oxidation sites excluding steroid dienone is 4. The summed E-state index contributed by atoms with van der Waals surface area (Å²) in [4.78, 5) is 0. The van der Waals surface area contributed by atoms with E-state index in [1.54, 1.807) is 0 Å². The van der Waals surface area contributed by atoms with Crippen LogP contribution in [0.1, 0.15) is 98.8 Å². The minimum absolute atomic E-state index is 0.843. The molecule has 0 aliphatic carbocycles. The predicted molar refractivity (Wildman–Crippen MR) is 103 cm³/mol. The smallest absolute Gasteiger partial charge is 0.0348 e. The molecule has 0 heterocycles. The van der Waals surface area contributed by atoms with E-state index < -0.39 is 0 Å². The van der Waals surface area contributed by atoms with Crippen LogP contribution in [0.3, 0.4) is 0 Å². The molecule has 0 atom stereocenters. The fraction of sp³-hybridized carbons (Fsp3) is 0.818. The maximum atomic E-state index is 2.38. The highest BCUT2D eigenvalue weighted by Gasteiger charge is 2.16. The monoisotopic (exact) mass is 306 g/mol. The Hall–Kier alpha value is -0.520. The van der Waals surface area contributed by atoms with Crippen molar-refractivity contribution >= 4 is 0 Å². The average molecular weight is 307 g/mol. The van der Waals surface area contributed by atoms with Gasteiger partial charge in [0.1, 0.15) is 0 Å². The molecule has 0 aromatic rings. The van der Waals surface area contributed by atoms with Gasteiger partial charge in [0.2, 0.25) is 0 Å². The van der Waals surface area contributed by atoms with Crippen LogP contribution in [0.5, 0.6) is 0 Å². The third-order valence-electron chi connectivity index (χ3n) is 4.73. The second-order valence-corrected chi connectivity index (χ2v) is 7.50. The van der Waals surface area contributed by atoms with Crippen LogP contribution in [-0.2, 0) is 0 Å². The number of hydrogen-bond donors (Lipinski definition) is 0. The van der Waals surface area contributed by atoms with Crippen LogP contribution in [0.2, 0.25) is 0 Å². The molecule has 0 aliphatic heterocycles. The van der Waals surface area contributed by atoms with Gasteiger partial charge in [0, 0.05) is 0 Å². The first-order valence-corrected chi connectivity index (χ1v) is 9.91. The molecule has 0 spiro atoms. The van der Waals surface area contributed by atoms with Gasteiger partial charge in [-0.2, -0.15) is 0 Å². The van der Waals surface area contributed by atoms with E-state index in [1.165, 1.54) is 64.2 Å². The summed E-state index contributed by atoms with van der Waals surface area (Å²) in [6.07, 6.45) is 22.6. The van der Waals surface area contributed by atoms with E-state index in [4.69, 9.17) is 0 Å². The number of rotatable bonds is 14. The Labute approximate surface area is 141 Å². The van der Waals surface area contributed by atoms with Gasteiger partial charge in [-0.25, -0.2) is 0 Å². The van der Waals surface area contributed by atoms with Gasteiger partial charge in [-0.15, -0.1) is 0 Å². The van der Waals surface area contributed by atoms with Crippen LogP contribution in [0.4, 0.5) is 0 Å². The molecule has 0 heteroatoms. The molecule has 0 bridgehead atoms. The maximum absolute atomic E-state index is 2.38. The Balaban J connectivity index is 3.43. The van der Waals surface area contributed by atoms with Crippen molar-refractivity contribution in [2.45, 2.75) is 98.8 Å². The first-order valence-electron chi connectivity index (χ1n) is 9.91. The topological polar surface area (TPSA) is 0 Å². The molecule has 0 rings (SSSR count). The SMILES string of the molecule is CCCC/C=C\C=C\CCCCCCCC(C(C)C)C(C)C. The Morgan fingerprint density at radius 3 is 1.68 bits per heavy atom. The lowest BCUT2D eigenvalue weighted by Crippen LogP contribution is -2.15. The van der Waals surface area contributed by atoms with Gasteiger partial charge in [-0.3, -0.25) is 0 Å². The molecular formula is C22H42. The van der Waals surface area contributed by atoms with Crippen molar-refractivity contribution in [3.63, 3.8) is 0 Å². The summed E-state index contributed by atoms with van der Waals surface area (Å²) in [5.74, 6) is 2.61. The normalized spacial score (nSPS) is 12.7. The molecule has 0 radical (unpaired) electrons. The Bertz CT molecular complexity index is 262. The fourth-order valence-electron chi connectivity index (χ4n) is 3.28. The molecule has 130 valence electrons. The second-order valence-electron chi connectivity index (χ2n) is 7.50. The zero-order valence-corrected chi connectivity index (χ0v) is 16.1. The molecule has 0 saturated carbocycles. The van der Waals surface area contributed by atoms with Crippen LogP contribution >= 0.6 is 0 Å². The van der Waals surface area contributed by atoms with E-state index in [1.807, 2.05) is 0 Å². The lowest BCUT2D eigenvalue weighted by Gasteiger charge is -2.24. The van der Waals surface area contributed by atoms with E-state index >= 15 is 0 Å². The second kappa shape index (κ2) is 15.4. The standard InChI is InChI=1S/C22H42/c1-6-7-8-9-10-11-12-13-14-15-16-17-18-19-22(20(2)3)21(4)5/h9-12,20-22H,6-8,13-19H2,1-5H3/b10-9-,12-11+. The Morgan fingerprint density at radius 2 is 1.14 bits per heavy atom. The van der Waals surface area contributed by atoms with Crippen LogP contribution < -0.4 is 0 Å². The Morgan fingerprint density at radius 1 is 0.636 bits per heavy atom. The molecule has 22 heavy (non-hydrogen) atoms. The van der Waals surface area contributed by atoms with Gasteiger partial charge >= 0.3 is 0 Å². The van der Waals surface area contributed by atoms with E-state index in [-0.39, 0.29) is 0 Å². The summed E-state index contributed by atoms with van der Waals surface area (Å²) >= 11 is 0. The van der Waals surface area contributed by atoms with Gasteiger partial charge in [0.25, 0.3) is 0 Å². The van der Waals surface area contributed by atoms with Crippen molar-refractivity contribution in [3.8, 4) is 0 Å². The van der Waals surface area contributed by atoms with Crippen LogP contribution in [-0.4, -0.2) is 0 Å². The molecule has 0 aromatic carbocycles. The van der Waals surface area contributed by atoms with Crippen LogP contribution in [0.25, 0.3) is 0 Å². The average Bonchev–Trinajstić information content (AvgIpc) is 2.46. The van der Waals surface area contributed by atoms with Gasteiger partial charge in [-0.1, -0.05) is 97.4 Å². The molecule has 0 unspecified atom stereocenters. The molecule has 0 fully saturated rings. The van der Waals surface area contributed by atoms with Crippen molar-refractivity contribution in [1.29, 1.82) is 0 Å². The third kappa shape index (κ3) is 13.2. The summed E-state index contributed by atoms with van der Waals surface area (Å²) in [7, 11) is 0. The zero-order valence-electron chi connectivity index (χ0n) is 16.1. The van der Waals surface area contributed by atoms with E-state index in [2.05, 4.69) is 58.9 Å². The summed E-state index contributed by atoms with van der Waals surface area (Å²) in [5, 5.41) is 0.